The SMILES string of the molecule is C=CCN(C(=O)C1N([C@@H](CO)[C@@H](C)CC)C(=O)[C@@H]2[C@@H](C(=O)OCC)[C@@]3(C)CCC12S3)c1ccc(Cl)cc1. The van der Waals surface area contributed by atoms with Gasteiger partial charge in [0.25, 0.3) is 5.91 Å². The number of esters is 1. The molecule has 0 saturated carbocycles. The Bertz CT molecular complexity index is 1070. The summed E-state index contributed by atoms with van der Waals surface area (Å²) in [6.07, 6.45) is 3.73. The van der Waals surface area contributed by atoms with Crippen LogP contribution >= 0.6 is 23.4 Å². The van der Waals surface area contributed by atoms with Crippen molar-refractivity contribution in [1.29, 1.82) is 0 Å². The van der Waals surface area contributed by atoms with E-state index in [-0.39, 0.29) is 43.5 Å². The fourth-order valence-electron chi connectivity index (χ4n) is 6.62. The van der Waals surface area contributed by atoms with E-state index in [4.69, 9.17) is 16.3 Å². The van der Waals surface area contributed by atoms with Crippen LogP contribution in [0.2, 0.25) is 5.02 Å². The first kappa shape index (κ1) is 28.0. The van der Waals surface area contributed by atoms with Gasteiger partial charge in [0.05, 0.1) is 35.8 Å². The number of nitrogens with zero attached hydrogens (tertiary/aromatic N) is 2. The molecule has 1 spiro atoms. The Kier molecular flexibility index (Phi) is 8.03. The number of anilines is 1. The van der Waals surface area contributed by atoms with E-state index >= 15 is 0 Å². The second-order valence-corrected chi connectivity index (χ2v) is 12.9. The van der Waals surface area contributed by atoms with Crippen LogP contribution in [0.25, 0.3) is 0 Å². The first-order chi connectivity index (χ1) is 17.6. The number of benzene rings is 1. The molecule has 202 valence electrons. The van der Waals surface area contributed by atoms with E-state index in [0.29, 0.717) is 23.6 Å². The summed E-state index contributed by atoms with van der Waals surface area (Å²) in [5, 5.41) is 11.0. The average molecular weight is 549 g/mol. The molecule has 2 amide bonds. The smallest absolute Gasteiger partial charge is 0.311 e. The van der Waals surface area contributed by atoms with Crippen LogP contribution in [-0.2, 0) is 19.1 Å². The number of carbonyl (C=O) groups excluding carboxylic acids is 3. The Labute approximate surface area is 228 Å². The largest absolute Gasteiger partial charge is 0.466 e. The van der Waals surface area contributed by atoms with Gasteiger partial charge in [-0.25, -0.2) is 0 Å². The monoisotopic (exact) mass is 548 g/mol. The summed E-state index contributed by atoms with van der Waals surface area (Å²) >= 11 is 7.71. The molecule has 7 atom stereocenters. The molecule has 1 aromatic rings. The summed E-state index contributed by atoms with van der Waals surface area (Å²) < 4.78 is 4.18. The van der Waals surface area contributed by atoms with Gasteiger partial charge in [-0.3, -0.25) is 14.4 Å². The lowest BCUT2D eigenvalue weighted by atomic mass is 9.66. The van der Waals surface area contributed by atoms with Crippen molar-refractivity contribution in [2.75, 3.05) is 24.7 Å². The average Bonchev–Trinajstić information content (AvgIpc) is 3.44. The minimum Gasteiger partial charge on any atom is -0.466 e. The second-order valence-electron chi connectivity index (χ2n) is 10.6. The molecular formula is C28H37ClN2O5S. The fourth-order valence-corrected chi connectivity index (χ4v) is 9.08. The molecular weight excluding hydrogens is 512 g/mol. The Balaban J connectivity index is 1.86. The number of hydrogen-bond acceptors (Lipinski definition) is 6. The number of aliphatic hydroxyl groups is 1. The molecule has 9 heteroatoms. The van der Waals surface area contributed by atoms with Gasteiger partial charge in [-0.1, -0.05) is 37.9 Å². The van der Waals surface area contributed by atoms with Gasteiger partial charge in [-0.15, -0.1) is 18.3 Å². The standard InChI is InChI=1S/C28H37ClN2O5S/c1-6-15-30(19-11-9-18(29)10-12-19)25(34)23-28-14-13-27(5,37-28)22(26(35)36-8-3)21(28)24(33)31(23)20(16-32)17(4)7-2/h6,9-12,17,20-23,32H,1,7-8,13-16H2,2-5H3/t17-,20-,21-,22-,23?,27+,28?/m0/s1. The molecule has 3 aliphatic heterocycles. The lowest BCUT2D eigenvalue weighted by Crippen LogP contribution is -2.58. The third-order valence-electron chi connectivity index (χ3n) is 8.55. The number of halogens is 1. The van der Waals surface area contributed by atoms with E-state index in [1.165, 1.54) is 0 Å². The minimum atomic E-state index is -0.835. The number of aliphatic hydroxyl groups excluding tert-OH is 1. The zero-order chi connectivity index (χ0) is 27.1. The van der Waals surface area contributed by atoms with Crippen molar-refractivity contribution in [3.05, 3.63) is 41.9 Å². The van der Waals surface area contributed by atoms with E-state index in [0.717, 1.165) is 6.42 Å². The predicted molar refractivity (Wildman–Crippen MR) is 147 cm³/mol. The molecule has 3 saturated heterocycles. The molecule has 3 heterocycles. The molecule has 0 radical (unpaired) electrons. The van der Waals surface area contributed by atoms with Gasteiger partial charge < -0.3 is 19.6 Å². The Morgan fingerprint density at radius 3 is 2.57 bits per heavy atom. The first-order valence-corrected chi connectivity index (χ1v) is 14.3. The molecule has 4 rings (SSSR count). The van der Waals surface area contributed by atoms with Crippen molar-refractivity contribution in [3.63, 3.8) is 0 Å². The van der Waals surface area contributed by atoms with Crippen molar-refractivity contribution in [2.45, 2.75) is 68.5 Å². The van der Waals surface area contributed by atoms with Crippen LogP contribution in [0.3, 0.4) is 0 Å². The molecule has 3 aliphatic rings. The van der Waals surface area contributed by atoms with Crippen LogP contribution in [0, 0.1) is 17.8 Å². The maximum absolute atomic E-state index is 14.6. The summed E-state index contributed by atoms with van der Waals surface area (Å²) in [5.41, 5.74) is 0.649. The van der Waals surface area contributed by atoms with Crippen molar-refractivity contribution in [1.82, 2.24) is 4.90 Å². The van der Waals surface area contributed by atoms with Gasteiger partial charge in [0, 0.05) is 22.0 Å². The number of ether oxygens (including phenoxy) is 1. The number of likely N-dealkylation sites (tertiary alicyclic amines) is 1. The van der Waals surface area contributed by atoms with Crippen LogP contribution in [-0.4, -0.2) is 69.1 Å². The molecule has 0 aromatic heterocycles. The quantitative estimate of drug-likeness (QED) is 0.346. The van der Waals surface area contributed by atoms with Crippen LogP contribution in [0.5, 0.6) is 0 Å². The highest BCUT2D eigenvalue weighted by Crippen LogP contribution is 2.72. The summed E-state index contributed by atoms with van der Waals surface area (Å²) in [6, 6.07) is 5.63. The van der Waals surface area contributed by atoms with Gasteiger partial charge in [0.2, 0.25) is 5.91 Å². The summed E-state index contributed by atoms with van der Waals surface area (Å²) in [5.74, 6) is -2.21. The fraction of sp³-hybridized carbons (Fsp3) is 0.607. The maximum Gasteiger partial charge on any atom is 0.311 e. The van der Waals surface area contributed by atoms with Gasteiger partial charge in [0.1, 0.15) is 6.04 Å². The second kappa shape index (κ2) is 10.6. The van der Waals surface area contributed by atoms with E-state index in [9.17, 15) is 19.5 Å². The molecule has 3 fully saturated rings. The van der Waals surface area contributed by atoms with E-state index in [2.05, 4.69) is 6.58 Å². The van der Waals surface area contributed by atoms with E-state index in [1.807, 2.05) is 20.8 Å². The van der Waals surface area contributed by atoms with Crippen LogP contribution < -0.4 is 4.90 Å². The van der Waals surface area contributed by atoms with Crippen LogP contribution in [0.1, 0.15) is 47.0 Å². The van der Waals surface area contributed by atoms with Crippen molar-refractivity contribution < 1.29 is 24.2 Å². The Hall–Kier alpha value is -2.03. The third kappa shape index (κ3) is 4.39. The highest BCUT2D eigenvalue weighted by atomic mass is 35.5. The number of thioether (sulfide) groups is 1. The first-order valence-electron chi connectivity index (χ1n) is 13.1. The molecule has 1 N–H and O–H groups in total. The zero-order valence-electron chi connectivity index (χ0n) is 22.0. The van der Waals surface area contributed by atoms with E-state index < -0.39 is 33.4 Å². The molecule has 2 bridgehead atoms. The highest BCUT2D eigenvalue weighted by molar-refractivity contribution is 8.02. The van der Waals surface area contributed by atoms with Gasteiger partial charge in [0.15, 0.2) is 0 Å². The van der Waals surface area contributed by atoms with Gasteiger partial charge in [-0.2, -0.15) is 0 Å². The third-order valence-corrected chi connectivity index (χ3v) is 10.8. The number of carbonyl (C=O) groups is 3. The van der Waals surface area contributed by atoms with Crippen LogP contribution in [0.4, 0.5) is 5.69 Å². The van der Waals surface area contributed by atoms with E-state index in [1.54, 1.807) is 58.8 Å². The minimum absolute atomic E-state index is 0.0401. The summed E-state index contributed by atoms with van der Waals surface area (Å²) in [6.45, 7) is 11.8. The van der Waals surface area contributed by atoms with Crippen molar-refractivity contribution >= 4 is 46.8 Å². The summed E-state index contributed by atoms with van der Waals surface area (Å²) in [7, 11) is 0. The number of amides is 2. The van der Waals surface area contributed by atoms with Gasteiger partial charge >= 0.3 is 5.97 Å². The Morgan fingerprint density at radius 1 is 1.32 bits per heavy atom. The highest BCUT2D eigenvalue weighted by Gasteiger charge is 2.78. The zero-order valence-corrected chi connectivity index (χ0v) is 23.6. The number of rotatable bonds is 10. The van der Waals surface area contributed by atoms with Gasteiger partial charge in [-0.05, 0) is 56.9 Å². The van der Waals surface area contributed by atoms with Crippen molar-refractivity contribution in [2.24, 2.45) is 17.8 Å². The molecule has 37 heavy (non-hydrogen) atoms. The number of fused-ring (bicyclic) bond motifs is 1. The molecule has 2 unspecified atom stereocenters. The lowest BCUT2D eigenvalue weighted by molar-refractivity contribution is -0.155. The normalized spacial score (nSPS) is 31.7. The lowest BCUT2D eigenvalue weighted by Gasteiger charge is -2.41. The molecule has 0 aliphatic carbocycles. The Morgan fingerprint density at radius 2 is 2.00 bits per heavy atom. The summed E-state index contributed by atoms with van der Waals surface area (Å²) in [4.78, 5) is 45.4. The maximum atomic E-state index is 14.6. The topological polar surface area (TPSA) is 87.2 Å². The van der Waals surface area contributed by atoms with Crippen molar-refractivity contribution in [3.8, 4) is 0 Å². The predicted octanol–water partition coefficient (Wildman–Crippen LogP) is 4.31. The molecule has 7 nitrogen and oxygen atoms in total. The number of hydrogen-bond donors (Lipinski definition) is 1. The van der Waals surface area contributed by atoms with Crippen LogP contribution in [0.15, 0.2) is 36.9 Å². The molecule has 1 aromatic carbocycles.